The van der Waals surface area contributed by atoms with Crippen LogP contribution in [0.5, 0.6) is 11.5 Å². The van der Waals surface area contributed by atoms with Crippen molar-refractivity contribution in [2.75, 3.05) is 13.2 Å². The summed E-state index contributed by atoms with van der Waals surface area (Å²) >= 11 is 1.45. The first-order valence-electron chi connectivity index (χ1n) is 11.1. The summed E-state index contributed by atoms with van der Waals surface area (Å²) in [5.41, 5.74) is 1.49. The summed E-state index contributed by atoms with van der Waals surface area (Å²) in [5, 5.41) is 11.7. The molecule has 1 aromatic heterocycles. The van der Waals surface area contributed by atoms with Gasteiger partial charge in [0.25, 0.3) is 11.6 Å². The maximum absolute atomic E-state index is 12.6. The molecule has 1 heterocycles. The third-order valence-corrected chi connectivity index (χ3v) is 6.04. The maximum Gasteiger partial charge on any atom is 0.271 e. The Kier molecular flexibility index (Phi) is 8.22. The molecule has 0 saturated heterocycles. The van der Waals surface area contributed by atoms with Crippen LogP contribution in [-0.2, 0) is 4.79 Å². The number of carbonyl (C=O) groups is 1. The molecule has 0 bridgehead atoms. The number of nitro groups is 1. The van der Waals surface area contributed by atoms with E-state index in [0.717, 1.165) is 15.3 Å². The molecular formula is C25H29N3O5S. The number of hydrogen-bond donors (Lipinski definition) is 0. The summed E-state index contributed by atoms with van der Waals surface area (Å²) < 4.78 is 12.4. The summed E-state index contributed by atoms with van der Waals surface area (Å²) in [4.78, 5) is 29.4. The van der Waals surface area contributed by atoms with Crippen molar-refractivity contribution in [1.29, 1.82) is 0 Å². The quantitative estimate of drug-likeness (QED) is 0.267. The van der Waals surface area contributed by atoms with Crippen LogP contribution in [0.1, 0.15) is 45.2 Å². The molecule has 0 atom stereocenters. The summed E-state index contributed by atoms with van der Waals surface area (Å²) in [6.45, 7) is 10.2. The van der Waals surface area contributed by atoms with E-state index in [9.17, 15) is 14.9 Å². The van der Waals surface area contributed by atoms with E-state index in [1.807, 2.05) is 58.9 Å². The largest absolute Gasteiger partial charge is 0.490 e. The molecule has 0 radical (unpaired) electrons. The third kappa shape index (κ3) is 6.11. The molecule has 0 aliphatic carbocycles. The Hall–Kier alpha value is -3.46. The lowest BCUT2D eigenvalue weighted by atomic mass is 10.2. The minimum absolute atomic E-state index is 0.0219. The minimum Gasteiger partial charge on any atom is -0.490 e. The molecule has 0 aliphatic rings. The molecule has 0 fully saturated rings. The predicted octanol–water partition coefficient (Wildman–Crippen LogP) is 5.80. The van der Waals surface area contributed by atoms with Crippen LogP contribution in [0.4, 0.5) is 5.69 Å². The van der Waals surface area contributed by atoms with Crippen molar-refractivity contribution in [2.45, 2.75) is 46.7 Å². The average Bonchev–Trinajstić information content (AvgIpc) is 3.19. The van der Waals surface area contributed by atoms with Gasteiger partial charge in [-0.3, -0.25) is 14.9 Å². The van der Waals surface area contributed by atoms with Crippen LogP contribution in [0.25, 0.3) is 22.4 Å². The number of ether oxygens (including phenoxy) is 2. The summed E-state index contributed by atoms with van der Waals surface area (Å²) in [5.74, 6) is 0.984. The van der Waals surface area contributed by atoms with Gasteiger partial charge in [0.15, 0.2) is 18.1 Å². The monoisotopic (exact) mass is 483 g/mol. The lowest BCUT2D eigenvalue weighted by Crippen LogP contribution is -2.44. The van der Waals surface area contributed by atoms with Gasteiger partial charge in [-0.15, -0.1) is 11.3 Å². The molecular weight excluding hydrogens is 454 g/mol. The lowest BCUT2D eigenvalue weighted by molar-refractivity contribution is -0.384. The number of amides is 1. The molecule has 0 N–H and O–H groups in total. The molecule has 3 rings (SSSR count). The van der Waals surface area contributed by atoms with Gasteiger partial charge in [-0.1, -0.05) is 12.1 Å². The number of carbonyl (C=O) groups excluding carboxylic acids is 1. The molecule has 1 amide bonds. The van der Waals surface area contributed by atoms with Gasteiger partial charge in [0.2, 0.25) is 0 Å². The smallest absolute Gasteiger partial charge is 0.271 e. The Morgan fingerprint density at radius 2 is 1.82 bits per heavy atom. The van der Waals surface area contributed by atoms with Crippen LogP contribution >= 0.6 is 11.3 Å². The summed E-state index contributed by atoms with van der Waals surface area (Å²) in [6.07, 6.45) is 3.75. The normalized spacial score (nSPS) is 11.5. The van der Waals surface area contributed by atoms with Gasteiger partial charge in [-0.25, -0.2) is 4.98 Å². The van der Waals surface area contributed by atoms with Crippen molar-refractivity contribution in [3.63, 3.8) is 0 Å². The second-order valence-electron chi connectivity index (χ2n) is 8.21. The van der Waals surface area contributed by atoms with Crippen LogP contribution in [0, 0.1) is 10.1 Å². The average molecular weight is 484 g/mol. The minimum atomic E-state index is -0.427. The highest BCUT2D eigenvalue weighted by atomic mass is 32.1. The fourth-order valence-corrected chi connectivity index (χ4v) is 4.54. The fourth-order valence-electron chi connectivity index (χ4n) is 3.69. The highest BCUT2D eigenvalue weighted by molar-refractivity contribution is 7.19. The van der Waals surface area contributed by atoms with Gasteiger partial charge in [-0.05, 0) is 64.5 Å². The molecule has 34 heavy (non-hydrogen) atoms. The topological polar surface area (TPSA) is 94.8 Å². The Morgan fingerprint density at radius 3 is 2.47 bits per heavy atom. The zero-order valence-corrected chi connectivity index (χ0v) is 20.8. The first-order valence-corrected chi connectivity index (χ1v) is 11.9. The molecule has 0 saturated carbocycles. The van der Waals surface area contributed by atoms with Crippen molar-refractivity contribution in [3.8, 4) is 11.5 Å². The van der Waals surface area contributed by atoms with E-state index in [1.165, 1.54) is 23.5 Å². The molecule has 9 heteroatoms. The summed E-state index contributed by atoms with van der Waals surface area (Å²) in [6, 6.07) is 10.3. The Morgan fingerprint density at radius 1 is 1.09 bits per heavy atom. The van der Waals surface area contributed by atoms with Crippen LogP contribution in [0.3, 0.4) is 0 Å². The van der Waals surface area contributed by atoms with Gasteiger partial charge in [0.05, 0.1) is 21.7 Å². The van der Waals surface area contributed by atoms with E-state index >= 15 is 0 Å². The van der Waals surface area contributed by atoms with Gasteiger partial charge in [0, 0.05) is 24.2 Å². The Bertz CT molecular complexity index is 1190. The Balaban J connectivity index is 1.76. The fraction of sp³-hybridized carbons (Fsp3) is 0.360. The van der Waals surface area contributed by atoms with Crippen molar-refractivity contribution in [2.24, 2.45) is 0 Å². The highest BCUT2D eigenvalue weighted by Gasteiger charge is 2.21. The van der Waals surface area contributed by atoms with Crippen LogP contribution < -0.4 is 9.47 Å². The molecule has 8 nitrogen and oxygen atoms in total. The van der Waals surface area contributed by atoms with E-state index in [0.29, 0.717) is 23.6 Å². The second kappa shape index (κ2) is 11.1. The molecule has 3 aromatic rings. The van der Waals surface area contributed by atoms with E-state index in [4.69, 9.17) is 9.47 Å². The summed E-state index contributed by atoms with van der Waals surface area (Å²) in [7, 11) is 0. The number of non-ortho nitro benzene ring substituents is 1. The SMILES string of the molecule is CCOc1cc(/C=C/c2nc3cc([N+](=O)[O-])ccc3s2)ccc1OCC(=O)N(C(C)C)C(C)C. The van der Waals surface area contributed by atoms with E-state index < -0.39 is 4.92 Å². The van der Waals surface area contributed by atoms with Gasteiger partial charge in [0.1, 0.15) is 5.01 Å². The molecule has 0 unspecified atom stereocenters. The predicted molar refractivity (Wildman–Crippen MR) is 135 cm³/mol. The van der Waals surface area contributed by atoms with E-state index in [1.54, 1.807) is 17.0 Å². The standard InChI is InChI=1S/C25H29N3O5S/c1-6-32-22-13-18(7-10-21(22)33-15-25(29)27(16(2)3)17(4)5)8-12-24-26-20-14-19(28(30)31)9-11-23(20)34-24/h7-14,16-17H,6,15H2,1-5H3/b12-8+. The number of nitro benzene ring substituents is 1. The highest BCUT2D eigenvalue weighted by Crippen LogP contribution is 2.31. The number of fused-ring (bicyclic) bond motifs is 1. The van der Waals surface area contributed by atoms with Crippen molar-refractivity contribution >= 4 is 45.3 Å². The van der Waals surface area contributed by atoms with E-state index in [2.05, 4.69) is 4.98 Å². The first-order chi connectivity index (χ1) is 16.2. The number of benzene rings is 2. The molecule has 0 aliphatic heterocycles. The zero-order valence-electron chi connectivity index (χ0n) is 20.0. The second-order valence-corrected chi connectivity index (χ2v) is 9.27. The lowest BCUT2D eigenvalue weighted by Gasteiger charge is -2.30. The van der Waals surface area contributed by atoms with Gasteiger partial charge >= 0.3 is 0 Å². The molecule has 2 aromatic carbocycles. The van der Waals surface area contributed by atoms with E-state index in [-0.39, 0.29) is 30.3 Å². The number of nitrogens with zero attached hydrogens (tertiary/aromatic N) is 3. The van der Waals surface area contributed by atoms with Crippen LogP contribution in [-0.4, -0.2) is 46.0 Å². The first kappa shape index (κ1) is 25.2. The third-order valence-electron chi connectivity index (χ3n) is 5.04. The van der Waals surface area contributed by atoms with Crippen molar-refractivity contribution in [3.05, 3.63) is 57.1 Å². The Labute approximate surface area is 203 Å². The van der Waals surface area contributed by atoms with Crippen molar-refractivity contribution < 1.29 is 19.2 Å². The van der Waals surface area contributed by atoms with Crippen LogP contribution in [0.15, 0.2) is 36.4 Å². The molecule has 180 valence electrons. The maximum atomic E-state index is 12.6. The number of rotatable bonds is 10. The zero-order chi connectivity index (χ0) is 24.8. The number of aromatic nitrogens is 1. The number of thiazole rings is 1. The van der Waals surface area contributed by atoms with Gasteiger partial charge < -0.3 is 14.4 Å². The van der Waals surface area contributed by atoms with Crippen LogP contribution in [0.2, 0.25) is 0 Å². The van der Waals surface area contributed by atoms with Crippen molar-refractivity contribution in [1.82, 2.24) is 9.88 Å². The molecule has 0 spiro atoms. The number of hydrogen-bond acceptors (Lipinski definition) is 7. The van der Waals surface area contributed by atoms with Gasteiger partial charge in [-0.2, -0.15) is 0 Å².